The number of hydrogen-bond acceptors (Lipinski definition) is 4. The molecule has 0 saturated carbocycles. The van der Waals surface area contributed by atoms with Crippen LogP contribution in [0.5, 0.6) is 0 Å². The Morgan fingerprint density at radius 3 is 2.52 bits per heavy atom. The van der Waals surface area contributed by atoms with Crippen LogP contribution in [0, 0.1) is 6.92 Å². The quantitative estimate of drug-likeness (QED) is 0.700. The molecule has 1 fully saturated rings. The van der Waals surface area contributed by atoms with Crippen molar-refractivity contribution in [3.63, 3.8) is 0 Å². The van der Waals surface area contributed by atoms with E-state index in [1.54, 1.807) is 13.0 Å². The monoisotopic (exact) mass is 435 g/mol. The number of halogens is 1. The van der Waals surface area contributed by atoms with Gasteiger partial charge in [0, 0.05) is 17.1 Å². The van der Waals surface area contributed by atoms with E-state index < -0.39 is 10.0 Å². The lowest BCUT2D eigenvalue weighted by atomic mass is 10.0. The fraction of sp³-hybridized carbons (Fsp3) is 0.381. The molecule has 6 nitrogen and oxygen atoms in total. The first kappa shape index (κ1) is 21.8. The topological polar surface area (TPSA) is 78.5 Å². The number of carbonyl (C=O) groups is 1. The maximum absolute atomic E-state index is 12.9. The second kappa shape index (κ2) is 9.26. The van der Waals surface area contributed by atoms with Gasteiger partial charge in [-0.25, -0.2) is 13.1 Å². The van der Waals surface area contributed by atoms with Gasteiger partial charge in [-0.1, -0.05) is 35.9 Å². The van der Waals surface area contributed by atoms with Crippen LogP contribution in [-0.2, 0) is 10.0 Å². The van der Waals surface area contributed by atoms with Crippen molar-refractivity contribution in [2.45, 2.75) is 30.7 Å². The molecule has 0 unspecified atom stereocenters. The highest BCUT2D eigenvalue weighted by atomic mass is 35.5. The van der Waals surface area contributed by atoms with E-state index in [9.17, 15) is 13.2 Å². The van der Waals surface area contributed by atoms with E-state index in [2.05, 4.69) is 14.9 Å². The molecule has 1 aliphatic rings. The number of nitrogens with zero attached hydrogens (tertiary/aromatic N) is 1. The largest absolute Gasteiger partial charge is 0.350 e. The molecule has 0 radical (unpaired) electrons. The van der Waals surface area contributed by atoms with Crippen molar-refractivity contribution < 1.29 is 13.2 Å². The van der Waals surface area contributed by atoms with Crippen LogP contribution in [0.4, 0.5) is 0 Å². The van der Waals surface area contributed by atoms with Gasteiger partial charge in [-0.2, -0.15) is 0 Å². The fourth-order valence-corrected chi connectivity index (χ4v) is 4.67. The Labute approximate surface area is 177 Å². The van der Waals surface area contributed by atoms with Gasteiger partial charge in [-0.05, 0) is 69.2 Å². The highest BCUT2D eigenvalue weighted by Gasteiger charge is 2.26. The lowest BCUT2D eigenvalue weighted by Gasteiger charge is -2.29. The van der Waals surface area contributed by atoms with E-state index >= 15 is 0 Å². The van der Waals surface area contributed by atoms with Gasteiger partial charge < -0.3 is 5.32 Å². The van der Waals surface area contributed by atoms with Gasteiger partial charge in [0.15, 0.2) is 0 Å². The summed E-state index contributed by atoms with van der Waals surface area (Å²) < 4.78 is 26.4. The molecular formula is C21H26ClN3O3S. The minimum Gasteiger partial charge on any atom is -0.350 e. The van der Waals surface area contributed by atoms with Crippen LogP contribution in [0.1, 0.15) is 40.4 Å². The van der Waals surface area contributed by atoms with Crippen molar-refractivity contribution in [3.8, 4) is 0 Å². The average Bonchev–Trinajstić information content (AvgIpc) is 3.24. The highest BCUT2D eigenvalue weighted by molar-refractivity contribution is 7.89. The van der Waals surface area contributed by atoms with Crippen LogP contribution >= 0.6 is 11.6 Å². The molecule has 3 rings (SSSR count). The molecule has 1 saturated heterocycles. The Morgan fingerprint density at radius 1 is 1.17 bits per heavy atom. The maximum atomic E-state index is 12.9. The zero-order chi connectivity index (χ0) is 21.0. The lowest BCUT2D eigenvalue weighted by Crippen LogP contribution is -2.37. The van der Waals surface area contributed by atoms with Crippen LogP contribution in [-0.4, -0.2) is 45.9 Å². The summed E-state index contributed by atoms with van der Waals surface area (Å²) in [5.41, 5.74) is 2.05. The molecule has 1 aliphatic heterocycles. The van der Waals surface area contributed by atoms with Crippen molar-refractivity contribution in [2.24, 2.45) is 0 Å². The molecule has 0 aliphatic carbocycles. The first-order chi connectivity index (χ1) is 13.8. The number of benzene rings is 2. The molecule has 1 atom stereocenters. The normalized spacial score (nSPS) is 16.0. The van der Waals surface area contributed by atoms with E-state index in [1.807, 2.05) is 24.3 Å². The van der Waals surface area contributed by atoms with Gasteiger partial charge in [-0.3, -0.25) is 9.69 Å². The predicted octanol–water partition coefficient (Wildman–Crippen LogP) is 3.12. The van der Waals surface area contributed by atoms with Gasteiger partial charge in [0.05, 0.1) is 10.9 Å². The highest BCUT2D eigenvalue weighted by Crippen LogP contribution is 2.30. The summed E-state index contributed by atoms with van der Waals surface area (Å²) in [5.74, 6) is -0.299. The molecular weight excluding hydrogens is 410 g/mol. The average molecular weight is 436 g/mol. The number of nitrogens with one attached hydrogen (secondary N) is 2. The smallest absolute Gasteiger partial charge is 0.251 e. The summed E-state index contributed by atoms with van der Waals surface area (Å²) in [6.07, 6.45) is 2.25. The summed E-state index contributed by atoms with van der Waals surface area (Å²) in [6, 6.07) is 12.2. The first-order valence-electron chi connectivity index (χ1n) is 9.64. The summed E-state index contributed by atoms with van der Waals surface area (Å²) in [7, 11) is -2.27. The minimum absolute atomic E-state index is 0.0281. The molecule has 0 aromatic heterocycles. The standard InChI is InChI=1S/C21H26ClN3O3S/c1-15-9-10-16(29(27,28)23-2)13-18(15)21(26)24-14-20(25-11-5-6-12-25)17-7-3-4-8-19(17)22/h3-4,7-10,13,20,23H,5-6,11-12,14H2,1-2H3,(H,24,26)/t20-/m0/s1. The second-order valence-corrected chi connectivity index (χ2v) is 9.47. The van der Waals surface area contributed by atoms with Crippen LogP contribution in [0.15, 0.2) is 47.4 Å². The first-order valence-corrected chi connectivity index (χ1v) is 11.5. The molecule has 2 aromatic rings. The number of rotatable bonds is 7. The Balaban J connectivity index is 1.82. The Morgan fingerprint density at radius 2 is 1.86 bits per heavy atom. The third-order valence-electron chi connectivity index (χ3n) is 5.33. The number of amides is 1. The van der Waals surface area contributed by atoms with Gasteiger partial charge in [0.25, 0.3) is 5.91 Å². The van der Waals surface area contributed by atoms with Gasteiger partial charge in [0.2, 0.25) is 10.0 Å². The summed E-state index contributed by atoms with van der Waals surface area (Å²) in [4.78, 5) is 15.3. The van der Waals surface area contributed by atoms with Crippen LogP contribution in [0.2, 0.25) is 5.02 Å². The summed E-state index contributed by atoms with van der Waals surface area (Å²) in [6.45, 7) is 4.10. The third-order valence-corrected chi connectivity index (χ3v) is 7.09. The third kappa shape index (κ3) is 4.98. The van der Waals surface area contributed by atoms with Crippen LogP contribution < -0.4 is 10.0 Å². The fourth-order valence-electron chi connectivity index (χ4n) is 3.65. The lowest BCUT2D eigenvalue weighted by molar-refractivity contribution is 0.0937. The second-order valence-electron chi connectivity index (χ2n) is 7.17. The Bertz CT molecular complexity index is 988. The molecule has 156 valence electrons. The molecule has 0 bridgehead atoms. The van der Waals surface area contributed by atoms with E-state index in [-0.39, 0.29) is 16.8 Å². The molecule has 29 heavy (non-hydrogen) atoms. The van der Waals surface area contributed by atoms with E-state index in [1.165, 1.54) is 19.2 Å². The number of likely N-dealkylation sites (tertiary alicyclic amines) is 1. The molecule has 1 heterocycles. The van der Waals surface area contributed by atoms with E-state index in [4.69, 9.17) is 11.6 Å². The maximum Gasteiger partial charge on any atom is 0.251 e. The zero-order valence-electron chi connectivity index (χ0n) is 16.6. The van der Waals surface area contributed by atoms with Gasteiger partial charge >= 0.3 is 0 Å². The Hall–Kier alpha value is -1.93. The van der Waals surface area contributed by atoms with Crippen molar-refractivity contribution in [1.82, 2.24) is 14.9 Å². The van der Waals surface area contributed by atoms with Crippen molar-refractivity contribution in [1.29, 1.82) is 0 Å². The molecule has 2 N–H and O–H groups in total. The van der Waals surface area contributed by atoms with Crippen LogP contribution in [0.3, 0.4) is 0 Å². The van der Waals surface area contributed by atoms with E-state index in [0.717, 1.165) is 31.5 Å². The van der Waals surface area contributed by atoms with Crippen LogP contribution in [0.25, 0.3) is 0 Å². The molecule has 0 spiro atoms. The number of hydrogen-bond donors (Lipinski definition) is 2. The Kier molecular flexibility index (Phi) is 6.95. The number of aryl methyl sites for hydroxylation is 1. The number of carbonyl (C=O) groups excluding carboxylic acids is 1. The van der Waals surface area contributed by atoms with Crippen molar-refractivity contribution in [2.75, 3.05) is 26.7 Å². The SMILES string of the molecule is CNS(=O)(=O)c1ccc(C)c(C(=O)NC[C@@H](c2ccccc2Cl)N2CCCC2)c1. The van der Waals surface area contributed by atoms with Gasteiger partial charge in [0.1, 0.15) is 0 Å². The van der Waals surface area contributed by atoms with E-state index in [0.29, 0.717) is 22.7 Å². The predicted molar refractivity (Wildman–Crippen MR) is 115 cm³/mol. The zero-order valence-corrected chi connectivity index (χ0v) is 18.2. The van der Waals surface area contributed by atoms with Gasteiger partial charge in [-0.15, -0.1) is 0 Å². The van der Waals surface area contributed by atoms with Crippen molar-refractivity contribution >= 4 is 27.5 Å². The summed E-state index contributed by atoms with van der Waals surface area (Å²) >= 11 is 6.43. The minimum atomic E-state index is -3.62. The molecule has 1 amide bonds. The summed E-state index contributed by atoms with van der Waals surface area (Å²) in [5, 5.41) is 3.66. The molecule has 2 aromatic carbocycles. The molecule has 8 heteroatoms. The number of sulfonamides is 1. The van der Waals surface area contributed by atoms with Crippen molar-refractivity contribution in [3.05, 3.63) is 64.2 Å².